The number of benzene rings is 1. The zero-order chi connectivity index (χ0) is 19.7. The minimum Gasteiger partial charge on any atom is -0.379 e. The molecule has 0 saturated carbocycles. The summed E-state index contributed by atoms with van der Waals surface area (Å²) in [7, 11) is 0. The van der Waals surface area contributed by atoms with Crippen molar-refractivity contribution in [3.8, 4) is 10.4 Å². The number of ether oxygens (including phenoxy) is 1. The van der Waals surface area contributed by atoms with E-state index in [2.05, 4.69) is 16.0 Å². The molecule has 0 amide bonds. The molecule has 3 aromatic rings. The minimum absolute atomic E-state index is 0.0375. The van der Waals surface area contributed by atoms with E-state index in [0.717, 1.165) is 26.2 Å². The third kappa shape index (κ3) is 3.98. The Bertz CT molecular complexity index is 1020. The second-order valence-corrected chi connectivity index (χ2v) is 7.53. The van der Waals surface area contributed by atoms with Gasteiger partial charge in [0.25, 0.3) is 0 Å². The van der Waals surface area contributed by atoms with E-state index in [1.54, 1.807) is 22.4 Å². The number of nitrogens with zero attached hydrogens (tertiary/aromatic N) is 3. The van der Waals surface area contributed by atoms with Gasteiger partial charge in [0.2, 0.25) is 0 Å². The van der Waals surface area contributed by atoms with E-state index in [0.29, 0.717) is 32.0 Å². The van der Waals surface area contributed by atoms with Gasteiger partial charge in [-0.1, -0.05) is 12.1 Å². The maximum Gasteiger partial charge on any atom is 0.152 e. The number of ketones is 1. The molecule has 6 heteroatoms. The van der Waals surface area contributed by atoms with Gasteiger partial charge >= 0.3 is 0 Å². The van der Waals surface area contributed by atoms with Gasteiger partial charge in [0.15, 0.2) is 5.78 Å². The molecule has 134 valence electrons. The maximum atomic E-state index is 12.7. The zero-order valence-electron chi connectivity index (χ0n) is 16.6. The molecule has 0 bridgehead atoms. The average molecular weight is 369 g/mol. The summed E-state index contributed by atoms with van der Waals surface area (Å²) in [6, 6.07) is 7.98. The fourth-order valence-electron chi connectivity index (χ4n) is 2.99. The quantitative estimate of drug-likeness (QED) is 0.692. The number of fused-ring (bicyclic) bond motifs is 1. The van der Waals surface area contributed by atoms with Gasteiger partial charge < -0.3 is 4.74 Å². The van der Waals surface area contributed by atoms with Gasteiger partial charge in [0.1, 0.15) is 0 Å². The highest BCUT2D eigenvalue weighted by molar-refractivity contribution is 7.15. The number of aryl methyl sites for hydroxylation is 1. The molecule has 1 aromatic carbocycles. The SMILES string of the molecule is [2H]C([2H])(C(=O)Cc1cc2cc(-c3cnc(C)s3)ccc2cn1)N1CCOCC1. The first-order valence-electron chi connectivity index (χ1n) is 9.61. The predicted octanol–water partition coefficient (Wildman–Crippen LogP) is 3.11. The highest BCUT2D eigenvalue weighted by Crippen LogP contribution is 2.28. The van der Waals surface area contributed by atoms with Crippen molar-refractivity contribution in [3.05, 3.63) is 47.4 Å². The Hall–Kier alpha value is -2.15. The Kier molecular flexibility index (Phi) is 4.38. The van der Waals surface area contributed by atoms with Crippen LogP contribution in [-0.2, 0) is 16.0 Å². The van der Waals surface area contributed by atoms with E-state index >= 15 is 0 Å². The smallest absolute Gasteiger partial charge is 0.152 e. The van der Waals surface area contributed by atoms with Crippen molar-refractivity contribution in [1.82, 2.24) is 14.9 Å². The lowest BCUT2D eigenvalue weighted by Crippen LogP contribution is -2.39. The van der Waals surface area contributed by atoms with Gasteiger partial charge in [0.05, 0.1) is 38.8 Å². The highest BCUT2D eigenvalue weighted by Gasteiger charge is 2.15. The van der Waals surface area contributed by atoms with Crippen molar-refractivity contribution in [3.63, 3.8) is 0 Å². The summed E-state index contributed by atoms with van der Waals surface area (Å²) in [5, 5.41) is 2.98. The van der Waals surface area contributed by atoms with Gasteiger partial charge in [-0.3, -0.25) is 14.7 Å². The third-order valence-corrected chi connectivity index (χ3v) is 5.28. The molecule has 1 aliphatic rings. The van der Waals surface area contributed by atoms with Crippen LogP contribution in [-0.4, -0.2) is 53.5 Å². The van der Waals surface area contributed by atoms with Crippen LogP contribution in [0.1, 0.15) is 13.4 Å². The van der Waals surface area contributed by atoms with Gasteiger partial charge in [0, 0.05) is 36.6 Å². The number of carbonyl (C=O) groups is 1. The Morgan fingerprint density at radius 1 is 1.23 bits per heavy atom. The van der Waals surface area contributed by atoms with E-state index in [4.69, 9.17) is 7.48 Å². The Labute approximate surface area is 159 Å². The summed E-state index contributed by atoms with van der Waals surface area (Å²) in [5.74, 6) is -0.476. The summed E-state index contributed by atoms with van der Waals surface area (Å²) in [6.07, 6.45) is 3.57. The number of hydrogen-bond acceptors (Lipinski definition) is 6. The molecular formula is C20H21N3O2S. The molecule has 26 heavy (non-hydrogen) atoms. The lowest BCUT2D eigenvalue weighted by Gasteiger charge is -2.25. The van der Waals surface area contributed by atoms with E-state index in [9.17, 15) is 4.79 Å². The molecule has 0 unspecified atom stereocenters. The molecule has 0 radical (unpaired) electrons. The fraction of sp³-hybridized carbons (Fsp3) is 0.350. The van der Waals surface area contributed by atoms with Gasteiger partial charge in [-0.25, -0.2) is 4.98 Å². The first-order chi connectivity index (χ1) is 13.4. The van der Waals surface area contributed by atoms with Crippen LogP contribution in [0.3, 0.4) is 0 Å². The predicted molar refractivity (Wildman–Crippen MR) is 104 cm³/mol. The van der Waals surface area contributed by atoms with E-state index < -0.39 is 12.3 Å². The molecule has 4 rings (SSSR count). The largest absolute Gasteiger partial charge is 0.379 e. The van der Waals surface area contributed by atoms with Crippen LogP contribution in [0.2, 0.25) is 0 Å². The number of carbonyl (C=O) groups excluding carboxylic acids is 1. The highest BCUT2D eigenvalue weighted by atomic mass is 32.1. The van der Waals surface area contributed by atoms with Gasteiger partial charge in [-0.15, -0.1) is 11.3 Å². The van der Waals surface area contributed by atoms with Crippen molar-refractivity contribution in [1.29, 1.82) is 0 Å². The standard InChI is InChI=1S/C20H21N3O2S/c1-14-21-12-20(26-14)15-2-3-16-11-22-18(9-17(16)8-15)10-19(24)13-23-4-6-25-7-5-23/h2-3,8-9,11-12H,4-7,10,13H2,1H3/i13D2. The van der Waals surface area contributed by atoms with Crippen LogP contribution >= 0.6 is 11.3 Å². The molecule has 0 aliphatic carbocycles. The number of aromatic nitrogens is 2. The first kappa shape index (κ1) is 15.0. The summed E-state index contributed by atoms with van der Waals surface area (Å²) < 4.78 is 21.7. The van der Waals surface area contributed by atoms with Crippen molar-refractivity contribution in [2.24, 2.45) is 0 Å². The normalized spacial score (nSPS) is 17.1. The van der Waals surface area contributed by atoms with Crippen LogP contribution in [0.4, 0.5) is 0 Å². The van der Waals surface area contributed by atoms with Crippen LogP contribution in [0, 0.1) is 6.92 Å². The fourth-order valence-corrected chi connectivity index (χ4v) is 3.76. The summed E-state index contributed by atoms with van der Waals surface area (Å²) >= 11 is 1.64. The number of pyridine rings is 1. The number of hydrogen-bond donors (Lipinski definition) is 0. The number of thiazole rings is 1. The number of rotatable bonds is 5. The Morgan fingerprint density at radius 3 is 2.85 bits per heavy atom. The lowest BCUT2D eigenvalue weighted by molar-refractivity contribution is -0.120. The zero-order valence-corrected chi connectivity index (χ0v) is 15.4. The molecule has 3 heterocycles. The molecule has 1 aliphatic heterocycles. The maximum absolute atomic E-state index is 12.7. The van der Waals surface area contributed by atoms with E-state index in [1.165, 1.54) is 0 Å². The molecule has 5 nitrogen and oxygen atoms in total. The van der Waals surface area contributed by atoms with E-state index in [1.807, 2.05) is 31.3 Å². The molecule has 0 atom stereocenters. The average Bonchev–Trinajstić information content (AvgIpc) is 3.14. The summed E-state index contributed by atoms with van der Waals surface area (Å²) in [5.41, 5.74) is 1.65. The van der Waals surface area contributed by atoms with Gasteiger partial charge in [-0.2, -0.15) is 0 Å². The van der Waals surface area contributed by atoms with Crippen molar-refractivity contribution >= 4 is 27.9 Å². The lowest BCUT2D eigenvalue weighted by atomic mass is 10.1. The molecule has 1 saturated heterocycles. The summed E-state index contributed by atoms with van der Waals surface area (Å²) in [6.45, 7) is 1.69. The van der Waals surface area contributed by atoms with Crippen molar-refractivity contribution in [2.75, 3.05) is 32.8 Å². The number of morpholine rings is 1. The Morgan fingerprint density at radius 2 is 2.08 bits per heavy atom. The van der Waals surface area contributed by atoms with Gasteiger partial charge in [-0.05, 0) is 30.0 Å². The third-order valence-electron chi connectivity index (χ3n) is 4.32. The van der Waals surface area contributed by atoms with Crippen molar-refractivity contribution < 1.29 is 12.3 Å². The second kappa shape index (κ2) is 7.61. The molecule has 0 N–H and O–H groups in total. The Balaban J connectivity index is 1.57. The number of Topliss-reactive ketones (excluding diaryl/α,β-unsaturated/α-hetero) is 1. The molecule has 1 fully saturated rings. The monoisotopic (exact) mass is 369 g/mol. The van der Waals surface area contributed by atoms with E-state index in [-0.39, 0.29) is 6.42 Å². The van der Waals surface area contributed by atoms with Crippen LogP contribution < -0.4 is 0 Å². The summed E-state index contributed by atoms with van der Waals surface area (Å²) in [4.78, 5) is 24.0. The second-order valence-electron chi connectivity index (χ2n) is 6.29. The first-order valence-corrected chi connectivity index (χ1v) is 9.43. The molecular weight excluding hydrogens is 346 g/mol. The topological polar surface area (TPSA) is 55.3 Å². The molecule has 2 aromatic heterocycles. The molecule has 0 spiro atoms. The van der Waals surface area contributed by atoms with Crippen LogP contribution in [0.25, 0.3) is 21.2 Å². The minimum atomic E-state index is -2.01. The van der Waals surface area contributed by atoms with Crippen LogP contribution in [0.5, 0.6) is 0 Å². The van der Waals surface area contributed by atoms with Crippen LogP contribution in [0.15, 0.2) is 36.7 Å². The van der Waals surface area contributed by atoms with Crippen molar-refractivity contribution in [2.45, 2.75) is 13.3 Å².